The summed E-state index contributed by atoms with van der Waals surface area (Å²) >= 11 is 6.01. The smallest absolute Gasteiger partial charge is 0.0961 e. The minimum Gasteiger partial charge on any atom is -0.354 e. The summed E-state index contributed by atoms with van der Waals surface area (Å²) in [6, 6.07) is 15.3. The Morgan fingerprint density at radius 1 is 0.933 bits per heavy atom. The van der Waals surface area contributed by atoms with Crippen LogP contribution in [0.15, 0.2) is 53.8 Å². The van der Waals surface area contributed by atoms with Crippen LogP contribution < -0.4 is 0 Å². The molecule has 2 aliphatic rings. The number of halogens is 1. The number of hydrogen-bond donors (Lipinski definition) is 0. The SMILES string of the molecule is Clc1ccc(Cn2cnc3cc(CN4C=NC[C@@H]4CC4CCCCC4)ccc32)cc1. The van der Waals surface area contributed by atoms with Crippen LogP contribution in [0.1, 0.15) is 49.7 Å². The molecule has 1 atom stereocenters. The van der Waals surface area contributed by atoms with Gasteiger partial charge in [-0.25, -0.2) is 4.98 Å². The zero-order valence-corrected chi connectivity index (χ0v) is 18.1. The van der Waals surface area contributed by atoms with Crippen molar-refractivity contribution in [3.05, 3.63) is 64.9 Å². The van der Waals surface area contributed by atoms with E-state index in [0.29, 0.717) is 6.04 Å². The van der Waals surface area contributed by atoms with Gasteiger partial charge in [-0.05, 0) is 47.7 Å². The molecule has 1 aliphatic heterocycles. The zero-order valence-electron chi connectivity index (χ0n) is 17.4. The van der Waals surface area contributed by atoms with E-state index in [4.69, 9.17) is 11.6 Å². The molecule has 1 saturated carbocycles. The molecule has 0 unspecified atom stereocenters. The highest BCUT2D eigenvalue weighted by molar-refractivity contribution is 6.30. The lowest BCUT2D eigenvalue weighted by Crippen LogP contribution is -2.33. The van der Waals surface area contributed by atoms with E-state index >= 15 is 0 Å². The number of imidazole rings is 1. The van der Waals surface area contributed by atoms with Gasteiger partial charge in [0.05, 0.1) is 36.3 Å². The maximum Gasteiger partial charge on any atom is 0.0961 e. The third-order valence-electron chi connectivity index (χ3n) is 6.66. The van der Waals surface area contributed by atoms with Crippen molar-refractivity contribution < 1.29 is 0 Å². The van der Waals surface area contributed by atoms with E-state index in [1.165, 1.54) is 55.2 Å². The highest BCUT2D eigenvalue weighted by Gasteiger charge is 2.25. The van der Waals surface area contributed by atoms with Gasteiger partial charge in [0.2, 0.25) is 0 Å². The molecule has 4 nitrogen and oxygen atoms in total. The molecule has 0 N–H and O–H groups in total. The van der Waals surface area contributed by atoms with Crippen LogP contribution in [-0.2, 0) is 13.1 Å². The van der Waals surface area contributed by atoms with Crippen LogP contribution in [0.5, 0.6) is 0 Å². The molecule has 0 saturated heterocycles. The van der Waals surface area contributed by atoms with Crippen LogP contribution in [0.3, 0.4) is 0 Å². The van der Waals surface area contributed by atoms with Crippen LogP contribution in [0, 0.1) is 5.92 Å². The molecule has 5 rings (SSSR count). The highest BCUT2D eigenvalue weighted by atomic mass is 35.5. The quantitative estimate of drug-likeness (QED) is 0.495. The fraction of sp³-hybridized carbons (Fsp3) is 0.440. The van der Waals surface area contributed by atoms with E-state index < -0.39 is 0 Å². The molecule has 2 aromatic carbocycles. The molecule has 0 radical (unpaired) electrons. The molecular weight excluding hydrogens is 392 g/mol. The third-order valence-corrected chi connectivity index (χ3v) is 6.91. The van der Waals surface area contributed by atoms with Crippen molar-refractivity contribution in [2.24, 2.45) is 10.9 Å². The van der Waals surface area contributed by atoms with Gasteiger partial charge in [0.25, 0.3) is 0 Å². The second-order valence-electron chi connectivity index (χ2n) is 8.87. The van der Waals surface area contributed by atoms with Gasteiger partial charge in [0, 0.05) is 18.1 Å². The molecule has 0 amide bonds. The first-order chi connectivity index (χ1) is 14.7. The Balaban J connectivity index is 1.27. The van der Waals surface area contributed by atoms with Gasteiger partial charge in [0.1, 0.15) is 0 Å². The maximum absolute atomic E-state index is 6.01. The Bertz CT molecular complexity index is 1020. The molecule has 1 aliphatic carbocycles. The lowest BCUT2D eigenvalue weighted by atomic mass is 9.84. The first-order valence-corrected chi connectivity index (χ1v) is 11.6. The summed E-state index contributed by atoms with van der Waals surface area (Å²) in [6.45, 7) is 2.67. The topological polar surface area (TPSA) is 33.4 Å². The van der Waals surface area contributed by atoms with E-state index in [0.717, 1.165) is 36.1 Å². The summed E-state index contributed by atoms with van der Waals surface area (Å²) in [6.07, 6.45) is 12.3. The van der Waals surface area contributed by atoms with Crippen molar-refractivity contribution in [3.8, 4) is 0 Å². The first kappa shape index (κ1) is 19.6. The lowest BCUT2D eigenvalue weighted by Gasteiger charge is -2.30. The van der Waals surface area contributed by atoms with Crippen molar-refractivity contribution >= 4 is 29.0 Å². The van der Waals surface area contributed by atoms with Crippen LogP contribution in [0.25, 0.3) is 11.0 Å². The summed E-state index contributed by atoms with van der Waals surface area (Å²) in [5.41, 5.74) is 4.76. The number of nitrogens with zero attached hydrogens (tertiary/aromatic N) is 4. The van der Waals surface area contributed by atoms with Gasteiger partial charge in [-0.15, -0.1) is 0 Å². The largest absolute Gasteiger partial charge is 0.354 e. The third kappa shape index (κ3) is 4.39. The van der Waals surface area contributed by atoms with Gasteiger partial charge in [-0.1, -0.05) is 61.9 Å². The van der Waals surface area contributed by atoms with Crippen LogP contribution in [0.2, 0.25) is 5.02 Å². The molecule has 1 fully saturated rings. The molecule has 0 spiro atoms. The van der Waals surface area contributed by atoms with Crippen molar-refractivity contribution in [3.63, 3.8) is 0 Å². The Labute approximate surface area is 183 Å². The molecule has 5 heteroatoms. The van der Waals surface area contributed by atoms with Crippen molar-refractivity contribution in [2.45, 2.75) is 57.7 Å². The van der Waals surface area contributed by atoms with E-state index in [2.05, 4.69) is 56.1 Å². The summed E-state index contributed by atoms with van der Waals surface area (Å²) in [7, 11) is 0. The number of fused-ring (bicyclic) bond motifs is 1. The highest BCUT2D eigenvalue weighted by Crippen LogP contribution is 2.30. The average molecular weight is 421 g/mol. The van der Waals surface area contributed by atoms with Crippen molar-refractivity contribution in [1.29, 1.82) is 0 Å². The zero-order chi connectivity index (χ0) is 20.3. The Morgan fingerprint density at radius 3 is 2.57 bits per heavy atom. The molecule has 3 aromatic rings. The average Bonchev–Trinajstić information content (AvgIpc) is 3.37. The monoisotopic (exact) mass is 420 g/mol. The lowest BCUT2D eigenvalue weighted by molar-refractivity contribution is 0.245. The van der Waals surface area contributed by atoms with Crippen molar-refractivity contribution in [1.82, 2.24) is 14.5 Å². The first-order valence-electron chi connectivity index (χ1n) is 11.2. The Morgan fingerprint density at radius 2 is 1.73 bits per heavy atom. The summed E-state index contributed by atoms with van der Waals surface area (Å²) < 4.78 is 2.20. The van der Waals surface area contributed by atoms with Gasteiger partial charge in [-0.3, -0.25) is 4.99 Å². The second-order valence-corrected chi connectivity index (χ2v) is 9.30. The Hall–Kier alpha value is -2.33. The molecular formula is C25H29ClN4. The minimum atomic E-state index is 0.561. The fourth-order valence-corrected chi connectivity index (χ4v) is 5.12. The second kappa shape index (κ2) is 8.81. The Kier molecular flexibility index (Phi) is 5.76. The van der Waals surface area contributed by atoms with E-state index in [9.17, 15) is 0 Å². The van der Waals surface area contributed by atoms with E-state index in [1.807, 2.05) is 18.5 Å². The molecule has 156 valence electrons. The van der Waals surface area contributed by atoms with Gasteiger partial charge >= 0.3 is 0 Å². The van der Waals surface area contributed by atoms with Gasteiger partial charge < -0.3 is 9.47 Å². The van der Waals surface area contributed by atoms with Crippen LogP contribution >= 0.6 is 11.6 Å². The number of aromatic nitrogens is 2. The standard InChI is InChI=1S/C25H29ClN4/c26-22-9-6-20(7-10-22)15-30-18-28-24-13-21(8-11-25(24)30)16-29-17-27-14-23(29)12-19-4-2-1-3-5-19/h6-11,13,17-19,23H,1-5,12,14-16H2/t23-/m0/s1. The molecule has 1 aromatic heterocycles. The predicted molar refractivity (Wildman–Crippen MR) is 124 cm³/mol. The number of hydrogen-bond acceptors (Lipinski definition) is 3. The minimum absolute atomic E-state index is 0.561. The maximum atomic E-state index is 6.01. The normalized spacial score (nSPS) is 19.8. The van der Waals surface area contributed by atoms with Crippen LogP contribution in [-0.4, -0.2) is 33.4 Å². The predicted octanol–water partition coefficient (Wildman–Crippen LogP) is 5.92. The number of benzene rings is 2. The summed E-state index contributed by atoms with van der Waals surface area (Å²) in [5, 5.41) is 0.770. The van der Waals surface area contributed by atoms with Crippen LogP contribution in [0.4, 0.5) is 0 Å². The summed E-state index contributed by atoms with van der Waals surface area (Å²) in [4.78, 5) is 11.7. The van der Waals surface area contributed by atoms with Gasteiger partial charge in [0.15, 0.2) is 0 Å². The molecule has 30 heavy (non-hydrogen) atoms. The van der Waals surface area contributed by atoms with E-state index in [-0.39, 0.29) is 0 Å². The van der Waals surface area contributed by atoms with Gasteiger partial charge in [-0.2, -0.15) is 0 Å². The van der Waals surface area contributed by atoms with Crippen molar-refractivity contribution in [2.75, 3.05) is 6.54 Å². The molecule has 0 bridgehead atoms. The number of aliphatic imine (C=N–C) groups is 1. The van der Waals surface area contributed by atoms with E-state index in [1.54, 1.807) is 0 Å². The molecule has 2 heterocycles. The summed E-state index contributed by atoms with van der Waals surface area (Å²) in [5.74, 6) is 0.888. The fourth-order valence-electron chi connectivity index (χ4n) is 4.99. The number of rotatable bonds is 6.